The van der Waals surface area contributed by atoms with Gasteiger partial charge in [0.25, 0.3) is 0 Å². The van der Waals surface area contributed by atoms with Crippen molar-refractivity contribution < 1.29 is 4.79 Å². The summed E-state index contributed by atoms with van der Waals surface area (Å²) in [7, 11) is 1.88. The van der Waals surface area contributed by atoms with Gasteiger partial charge in [-0.3, -0.25) is 4.79 Å². The van der Waals surface area contributed by atoms with Crippen molar-refractivity contribution in [3.8, 4) is 11.4 Å². The lowest BCUT2D eigenvalue weighted by Crippen LogP contribution is -2.37. The number of hydrogen-bond donors (Lipinski definition) is 2. The van der Waals surface area contributed by atoms with Crippen LogP contribution in [0.5, 0.6) is 0 Å². The maximum atomic E-state index is 12.0. The second kappa shape index (κ2) is 5.42. The molecule has 0 aliphatic rings. The van der Waals surface area contributed by atoms with Crippen LogP contribution in [0.4, 0.5) is 5.69 Å². The first-order valence-electron chi connectivity index (χ1n) is 6.40. The second-order valence-corrected chi connectivity index (χ2v) is 5.38. The highest BCUT2D eigenvalue weighted by Gasteiger charge is 2.25. The summed E-state index contributed by atoms with van der Waals surface area (Å²) < 4.78 is 1.84. The zero-order valence-corrected chi connectivity index (χ0v) is 11.9. The minimum Gasteiger partial charge on any atom is -0.329 e. The molecule has 1 amide bonds. The minimum atomic E-state index is -0.581. The topological polar surface area (TPSA) is 85.8 Å². The zero-order chi connectivity index (χ0) is 14.8. The summed E-state index contributed by atoms with van der Waals surface area (Å²) in [6.45, 7) is 3.93. The molecule has 1 aromatic heterocycles. The van der Waals surface area contributed by atoms with Gasteiger partial charge in [0.2, 0.25) is 5.91 Å². The van der Waals surface area contributed by atoms with Crippen LogP contribution in [-0.4, -0.2) is 27.2 Å². The molecule has 2 rings (SSSR count). The summed E-state index contributed by atoms with van der Waals surface area (Å²) in [5.74, 6) is 0.691. The highest BCUT2D eigenvalue weighted by atomic mass is 16.2. The number of carbonyl (C=O) groups is 1. The van der Waals surface area contributed by atoms with Gasteiger partial charge in [0.1, 0.15) is 6.33 Å². The van der Waals surface area contributed by atoms with Crippen LogP contribution < -0.4 is 11.1 Å². The molecule has 6 nitrogen and oxygen atoms in total. The number of nitrogens with zero attached hydrogens (tertiary/aromatic N) is 3. The van der Waals surface area contributed by atoms with Gasteiger partial charge >= 0.3 is 0 Å². The monoisotopic (exact) mass is 273 g/mol. The smallest absolute Gasteiger partial charge is 0.231 e. The molecule has 0 fully saturated rings. The molecule has 20 heavy (non-hydrogen) atoms. The molecule has 2 aromatic rings. The number of aryl methyl sites for hydroxylation is 1. The molecule has 0 saturated heterocycles. The van der Waals surface area contributed by atoms with Gasteiger partial charge in [-0.05, 0) is 38.1 Å². The molecule has 1 heterocycles. The number of rotatable bonds is 4. The SMILES string of the molecule is Cn1cnnc1-c1ccc(NC(=O)C(C)(C)CN)cc1. The molecule has 3 N–H and O–H groups in total. The van der Waals surface area contributed by atoms with Crippen molar-refractivity contribution in [3.05, 3.63) is 30.6 Å². The Morgan fingerprint density at radius 1 is 1.35 bits per heavy atom. The molecule has 0 aliphatic heterocycles. The van der Waals surface area contributed by atoms with Crippen LogP contribution in [0.1, 0.15) is 13.8 Å². The number of anilines is 1. The van der Waals surface area contributed by atoms with Crippen LogP contribution in [0, 0.1) is 5.41 Å². The first-order valence-corrected chi connectivity index (χ1v) is 6.40. The molecule has 6 heteroatoms. The fraction of sp³-hybridized carbons (Fsp3) is 0.357. The predicted molar refractivity (Wildman–Crippen MR) is 77.9 cm³/mol. The number of aromatic nitrogens is 3. The quantitative estimate of drug-likeness (QED) is 0.881. The third kappa shape index (κ3) is 2.85. The van der Waals surface area contributed by atoms with Gasteiger partial charge in [0, 0.05) is 24.8 Å². The van der Waals surface area contributed by atoms with Crippen LogP contribution in [0.3, 0.4) is 0 Å². The normalized spacial score (nSPS) is 11.4. The Morgan fingerprint density at radius 2 is 2.00 bits per heavy atom. The summed E-state index contributed by atoms with van der Waals surface area (Å²) >= 11 is 0. The van der Waals surface area contributed by atoms with Crippen LogP contribution in [0.25, 0.3) is 11.4 Å². The van der Waals surface area contributed by atoms with E-state index in [9.17, 15) is 4.79 Å². The summed E-state index contributed by atoms with van der Waals surface area (Å²) in [5, 5.41) is 10.7. The van der Waals surface area contributed by atoms with E-state index in [-0.39, 0.29) is 5.91 Å². The van der Waals surface area contributed by atoms with Gasteiger partial charge in [0.05, 0.1) is 5.41 Å². The number of carbonyl (C=O) groups excluding carboxylic acids is 1. The Kier molecular flexibility index (Phi) is 3.85. The molecule has 0 bridgehead atoms. The molecular weight excluding hydrogens is 254 g/mol. The first-order chi connectivity index (χ1) is 9.44. The van der Waals surface area contributed by atoms with Crippen molar-refractivity contribution in [1.82, 2.24) is 14.8 Å². The Morgan fingerprint density at radius 3 is 2.50 bits per heavy atom. The second-order valence-electron chi connectivity index (χ2n) is 5.38. The highest BCUT2D eigenvalue weighted by molar-refractivity contribution is 5.95. The van der Waals surface area contributed by atoms with Gasteiger partial charge in [0.15, 0.2) is 5.82 Å². The fourth-order valence-electron chi connectivity index (χ4n) is 1.64. The zero-order valence-electron chi connectivity index (χ0n) is 11.9. The van der Waals surface area contributed by atoms with E-state index < -0.39 is 5.41 Å². The lowest BCUT2D eigenvalue weighted by atomic mass is 9.92. The van der Waals surface area contributed by atoms with Gasteiger partial charge in [-0.15, -0.1) is 10.2 Å². The molecule has 0 radical (unpaired) electrons. The van der Waals surface area contributed by atoms with Gasteiger partial charge in [-0.25, -0.2) is 0 Å². The van der Waals surface area contributed by atoms with Crippen LogP contribution >= 0.6 is 0 Å². The number of nitrogens with two attached hydrogens (primary N) is 1. The van der Waals surface area contributed by atoms with Gasteiger partial charge in [-0.1, -0.05) is 0 Å². The minimum absolute atomic E-state index is 0.0913. The van der Waals surface area contributed by atoms with E-state index in [1.165, 1.54) is 0 Å². The summed E-state index contributed by atoms with van der Waals surface area (Å²) in [4.78, 5) is 12.0. The van der Waals surface area contributed by atoms with Crippen LogP contribution in [0.2, 0.25) is 0 Å². The third-order valence-electron chi connectivity index (χ3n) is 3.24. The van der Waals surface area contributed by atoms with Crippen LogP contribution in [0.15, 0.2) is 30.6 Å². The molecule has 0 saturated carbocycles. The van der Waals surface area contributed by atoms with E-state index >= 15 is 0 Å². The molecule has 1 aromatic carbocycles. The summed E-state index contributed by atoms with van der Waals surface area (Å²) in [5.41, 5.74) is 6.69. The van der Waals surface area contributed by atoms with E-state index in [4.69, 9.17) is 5.73 Å². The summed E-state index contributed by atoms with van der Waals surface area (Å²) in [6, 6.07) is 7.48. The van der Waals surface area contributed by atoms with Gasteiger partial charge < -0.3 is 15.6 Å². The highest BCUT2D eigenvalue weighted by Crippen LogP contribution is 2.21. The largest absolute Gasteiger partial charge is 0.329 e. The van der Waals surface area contributed by atoms with E-state index in [2.05, 4.69) is 15.5 Å². The van der Waals surface area contributed by atoms with E-state index in [1.807, 2.05) is 49.7 Å². The predicted octanol–water partition coefficient (Wildman–Crippen LogP) is 1.41. The number of amides is 1. The lowest BCUT2D eigenvalue weighted by molar-refractivity contribution is -0.123. The van der Waals surface area contributed by atoms with Gasteiger partial charge in [-0.2, -0.15) is 0 Å². The Hall–Kier alpha value is -2.21. The molecule has 0 atom stereocenters. The Balaban J connectivity index is 2.14. The summed E-state index contributed by atoms with van der Waals surface area (Å²) in [6.07, 6.45) is 1.65. The first kappa shape index (κ1) is 14.2. The molecule has 0 aliphatic carbocycles. The van der Waals surface area contributed by atoms with Crippen molar-refractivity contribution in [3.63, 3.8) is 0 Å². The Bertz CT molecular complexity index is 600. The van der Waals surface area contributed by atoms with Crippen molar-refractivity contribution >= 4 is 11.6 Å². The molecular formula is C14H19N5O. The standard InChI is InChI=1S/C14H19N5O/c1-14(2,8-15)13(20)17-11-6-4-10(5-7-11)12-18-16-9-19(12)3/h4-7,9H,8,15H2,1-3H3,(H,17,20). The maximum absolute atomic E-state index is 12.0. The fourth-order valence-corrected chi connectivity index (χ4v) is 1.64. The average Bonchev–Trinajstić information content (AvgIpc) is 2.86. The van der Waals surface area contributed by atoms with Crippen LogP contribution in [-0.2, 0) is 11.8 Å². The lowest BCUT2D eigenvalue weighted by Gasteiger charge is -2.21. The maximum Gasteiger partial charge on any atom is 0.231 e. The van der Waals surface area contributed by atoms with Crippen molar-refractivity contribution in [2.75, 3.05) is 11.9 Å². The third-order valence-corrected chi connectivity index (χ3v) is 3.24. The van der Waals surface area contributed by atoms with E-state index in [0.717, 1.165) is 17.1 Å². The van der Waals surface area contributed by atoms with Crippen molar-refractivity contribution in [1.29, 1.82) is 0 Å². The van der Waals surface area contributed by atoms with Crippen molar-refractivity contribution in [2.45, 2.75) is 13.8 Å². The number of hydrogen-bond acceptors (Lipinski definition) is 4. The Labute approximate surface area is 118 Å². The average molecular weight is 273 g/mol. The van der Waals surface area contributed by atoms with E-state index in [1.54, 1.807) is 6.33 Å². The van der Waals surface area contributed by atoms with Crippen molar-refractivity contribution in [2.24, 2.45) is 18.2 Å². The molecule has 106 valence electrons. The molecule has 0 unspecified atom stereocenters. The van der Waals surface area contributed by atoms with E-state index in [0.29, 0.717) is 6.54 Å². The number of nitrogens with one attached hydrogen (secondary N) is 1. The number of benzene rings is 1. The molecule has 0 spiro atoms.